The lowest BCUT2D eigenvalue weighted by atomic mass is 10.1. The van der Waals surface area contributed by atoms with Crippen molar-refractivity contribution in [2.75, 3.05) is 0 Å². The van der Waals surface area contributed by atoms with Crippen molar-refractivity contribution in [2.45, 2.75) is 6.61 Å². The minimum Gasteiger partial charge on any atom is -0.392 e. The van der Waals surface area contributed by atoms with E-state index in [9.17, 15) is 5.11 Å². The summed E-state index contributed by atoms with van der Waals surface area (Å²) in [5, 5.41) is 10.3. The Hall–Kier alpha value is -3.28. The van der Waals surface area contributed by atoms with Gasteiger partial charge in [0.25, 0.3) is 0 Å². The molecule has 4 nitrogen and oxygen atoms in total. The summed E-state index contributed by atoms with van der Waals surface area (Å²) >= 11 is 1.64. The molecule has 0 unspecified atom stereocenters. The molecule has 0 bridgehead atoms. The summed E-state index contributed by atoms with van der Waals surface area (Å²) in [6, 6.07) is 24.5. The molecule has 0 aliphatic heterocycles. The Balaban J connectivity index is 1.50. The van der Waals surface area contributed by atoms with Crippen LogP contribution in [0.25, 0.3) is 37.7 Å². The number of hydrogen-bond donors (Lipinski definition) is 1. The summed E-state index contributed by atoms with van der Waals surface area (Å²) in [5.41, 5.74) is 6.20. The predicted octanol–water partition coefficient (Wildman–Crippen LogP) is 5.31. The van der Waals surface area contributed by atoms with Crippen LogP contribution in [0.4, 0.5) is 0 Å². The van der Waals surface area contributed by atoms with Gasteiger partial charge in [-0.05, 0) is 42.0 Å². The predicted molar refractivity (Wildman–Crippen MR) is 114 cm³/mol. The molecule has 5 rings (SSSR count). The quantitative estimate of drug-likeness (QED) is 0.458. The number of aliphatic hydroxyl groups excluding tert-OH is 1. The minimum atomic E-state index is 0.0481. The second-order valence-corrected chi connectivity index (χ2v) is 7.57. The molecule has 2 heterocycles. The van der Waals surface area contributed by atoms with Crippen LogP contribution >= 0.6 is 11.3 Å². The fourth-order valence-electron chi connectivity index (χ4n) is 3.28. The van der Waals surface area contributed by atoms with E-state index in [1.807, 2.05) is 48.9 Å². The summed E-state index contributed by atoms with van der Waals surface area (Å²) < 4.78 is 3.18. The van der Waals surface area contributed by atoms with E-state index in [2.05, 4.69) is 45.9 Å². The molecule has 0 aliphatic carbocycles. The van der Waals surface area contributed by atoms with Gasteiger partial charge in [-0.2, -0.15) is 0 Å². The third kappa shape index (κ3) is 3.01. The molecule has 0 saturated heterocycles. The van der Waals surface area contributed by atoms with Crippen LogP contribution in [0.15, 0.2) is 85.3 Å². The van der Waals surface area contributed by atoms with Gasteiger partial charge < -0.3 is 5.11 Å². The molecular formula is C23H17N3OS. The Morgan fingerprint density at radius 2 is 1.71 bits per heavy atom. The summed E-state index contributed by atoms with van der Waals surface area (Å²) in [6.45, 7) is 0.0481. The topological polar surface area (TPSA) is 50.9 Å². The van der Waals surface area contributed by atoms with Crippen LogP contribution in [0.3, 0.4) is 0 Å². The molecule has 0 atom stereocenters. The van der Waals surface area contributed by atoms with Gasteiger partial charge in [0.2, 0.25) is 0 Å². The maximum atomic E-state index is 9.32. The van der Waals surface area contributed by atoms with E-state index in [1.165, 1.54) is 0 Å². The van der Waals surface area contributed by atoms with Crippen molar-refractivity contribution in [3.8, 4) is 27.5 Å². The van der Waals surface area contributed by atoms with Crippen molar-refractivity contribution >= 4 is 21.6 Å². The first-order valence-corrected chi connectivity index (χ1v) is 9.82. The van der Waals surface area contributed by atoms with E-state index >= 15 is 0 Å². The standard InChI is InChI=1S/C23H17N3OS/c27-14-16-6-11-20-22(12-16)28-23(25-20)18-7-9-19(10-8-18)26-15-24-13-21(26)17-4-2-1-3-5-17/h1-13,15,27H,14H2. The van der Waals surface area contributed by atoms with E-state index in [-0.39, 0.29) is 6.61 Å². The Kier molecular flexibility index (Phi) is 4.24. The average Bonchev–Trinajstić information content (AvgIpc) is 3.41. The Morgan fingerprint density at radius 1 is 0.893 bits per heavy atom. The first-order chi connectivity index (χ1) is 13.8. The normalized spacial score (nSPS) is 11.2. The Labute approximate surface area is 166 Å². The number of imidazole rings is 1. The first kappa shape index (κ1) is 16.9. The van der Waals surface area contributed by atoms with Gasteiger partial charge in [0, 0.05) is 16.8 Å². The fourth-order valence-corrected chi connectivity index (χ4v) is 4.31. The highest BCUT2D eigenvalue weighted by Gasteiger charge is 2.09. The highest BCUT2D eigenvalue weighted by Crippen LogP contribution is 2.32. The molecule has 136 valence electrons. The van der Waals surface area contributed by atoms with Crippen LogP contribution in [0.1, 0.15) is 5.56 Å². The van der Waals surface area contributed by atoms with Gasteiger partial charge in [0.15, 0.2) is 0 Å². The monoisotopic (exact) mass is 383 g/mol. The summed E-state index contributed by atoms with van der Waals surface area (Å²) in [6.07, 6.45) is 3.72. The van der Waals surface area contributed by atoms with Gasteiger partial charge in [-0.1, -0.05) is 36.4 Å². The number of aromatic nitrogens is 3. The van der Waals surface area contributed by atoms with Crippen molar-refractivity contribution in [3.63, 3.8) is 0 Å². The third-order valence-electron chi connectivity index (χ3n) is 4.74. The van der Waals surface area contributed by atoms with Crippen molar-refractivity contribution in [3.05, 3.63) is 90.9 Å². The Bertz CT molecular complexity index is 1240. The van der Waals surface area contributed by atoms with Gasteiger partial charge in [-0.3, -0.25) is 4.57 Å². The molecule has 1 N–H and O–H groups in total. The molecular weight excluding hydrogens is 366 g/mol. The molecule has 0 spiro atoms. The van der Waals surface area contributed by atoms with Crippen LogP contribution < -0.4 is 0 Å². The molecule has 5 heteroatoms. The number of fused-ring (bicyclic) bond motifs is 1. The van der Waals surface area contributed by atoms with Gasteiger partial charge in [-0.15, -0.1) is 11.3 Å². The van der Waals surface area contributed by atoms with E-state index in [0.717, 1.165) is 43.3 Å². The highest BCUT2D eigenvalue weighted by atomic mass is 32.1. The molecule has 0 aliphatic rings. The molecule has 28 heavy (non-hydrogen) atoms. The zero-order valence-corrected chi connectivity index (χ0v) is 15.8. The summed E-state index contributed by atoms with van der Waals surface area (Å²) in [5.74, 6) is 0. The number of rotatable bonds is 4. The van der Waals surface area contributed by atoms with Crippen LogP contribution in [0.5, 0.6) is 0 Å². The van der Waals surface area contributed by atoms with Crippen molar-refractivity contribution in [1.82, 2.24) is 14.5 Å². The van der Waals surface area contributed by atoms with Crippen LogP contribution in [-0.4, -0.2) is 19.6 Å². The maximum absolute atomic E-state index is 9.32. The average molecular weight is 383 g/mol. The van der Waals surface area contributed by atoms with Gasteiger partial charge in [0.1, 0.15) is 5.01 Å². The highest BCUT2D eigenvalue weighted by molar-refractivity contribution is 7.21. The van der Waals surface area contributed by atoms with Crippen LogP contribution in [0.2, 0.25) is 0 Å². The van der Waals surface area contributed by atoms with Gasteiger partial charge >= 0.3 is 0 Å². The number of aliphatic hydroxyl groups is 1. The summed E-state index contributed by atoms with van der Waals surface area (Å²) in [7, 11) is 0. The molecule has 2 aromatic heterocycles. The van der Waals surface area contributed by atoms with E-state index in [4.69, 9.17) is 4.98 Å². The van der Waals surface area contributed by atoms with Crippen LogP contribution in [-0.2, 0) is 6.61 Å². The lowest BCUT2D eigenvalue weighted by molar-refractivity contribution is 0.282. The first-order valence-electron chi connectivity index (χ1n) is 9.01. The molecule has 0 saturated carbocycles. The fraction of sp³-hybridized carbons (Fsp3) is 0.0435. The zero-order valence-electron chi connectivity index (χ0n) is 15.0. The van der Waals surface area contributed by atoms with Crippen molar-refractivity contribution < 1.29 is 5.11 Å². The lowest BCUT2D eigenvalue weighted by Gasteiger charge is -2.09. The Morgan fingerprint density at radius 3 is 2.50 bits per heavy atom. The maximum Gasteiger partial charge on any atom is 0.124 e. The van der Waals surface area contributed by atoms with Crippen molar-refractivity contribution in [1.29, 1.82) is 0 Å². The number of nitrogens with zero attached hydrogens (tertiary/aromatic N) is 3. The van der Waals surface area contributed by atoms with Crippen molar-refractivity contribution in [2.24, 2.45) is 0 Å². The number of hydrogen-bond acceptors (Lipinski definition) is 4. The molecule has 0 fully saturated rings. The van der Waals surface area contributed by atoms with Crippen LogP contribution in [0, 0.1) is 0 Å². The van der Waals surface area contributed by atoms with Gasteiger partial charge in [0.05, 0.1) is 35.0 Å². The molecule has 3 aromatic carbocycles. The number of benzene rings is 3. The second-order valence-electron chi connectivity index (χ2n) is 6.54. The number of thiazole rings is 1. The summed E-state index contributed by atoms with van der Waals surface area (Å²) in [4.78, 5) is 9.07. The molecule has 5 aromatic rings. The van der Waals surface area contributed by atoms with E-state index < -0.39 is 0 Å². The molecule has 0 amide bonds. The van der Waals surface area contributed by atoms with E-state index in [1.54, 1.807) is 11.3 Å². The van der Waals surface area contributed by atoms with Gasteiger partial charge in [-0.25, -0.2) is 9.97 Å². The third-order valence-corrected chi connectivity index (χ3v) is 5.80. The zero-order chi connectivity index (χ0) is 18.9. The lowest BCUT2D eigenvalue weighted by Crippen LogP contribution is -1.94. The smallest absolute Gasteiger partial charge is 0.124 e. The SMILES string of the molecule is OCc1ccc2nc(-c3ccc(-n4cncc4-c4ccccc4)cc3)sc2c1. The molecule has 0 radical (unpaired) electrons. The van der Waals surface area contributed by atoms with E-state index in [0.29, 0.717) is 0 Å². The minimum absolute atomic E-state index is 0.0481. The second kappa shape index (κ2) is 7.03. The largest absolute Gasteiger partial charge is 0.392 e.